The first-order valence-corrected chi connectivity index (χ1v) is 8.08. The zero-order valence-electron chi connectivity index (χ0n) is 15.6. The molecule has 0 saturated heterocycles. The van der Waals surface area contributed by atoms with Gasteiger partial charge in [-0.1, -0.05) is 30.3 Å². The van der Waals surface area contributed by atoms with Gasteiger partial charge in [0.15, 0.2) is 6.04 Å². The van der Waals surface area contributed by atoms with Crippen LogP contribution in [0, 0.1) is 0 Å². The summed E-state index contributed by atoms with van der Waals surface area (Å²) in [7, 11) is 0. The van der Waals surface area contributed by atoms with Crippen LogP contribution in [0.1, 0.15) is 32.4 Å². The van der Waals surface area contributed by atoms with E-state index in [0.717, 1.165) is 22.1 Å². The molecule has 1 aliphatic rings. The molecular formula is C17H23N5O6. The van der Waals surface area contributed by atoms with Gasteiger partial charge in [-0.2, -0.15) is 11.1 Å². The van der Waals surface area contributed by atoms with Crippen LogP contribution in [-0.4, -0.2) is 49.5 Å². The van der Waals surface area contributed by atoms with Gasteiger partial charge >= 0.3 is 12.1 Å². The first-order chi connectivity index (χ1) is 13.0. The van der Waals surface area contributed by atoms with E-state index in [4.69, 9.17) is 16.1 Å². The Bertz CT molecular complexity index is 741. The smallest absolute Gasteiger partial charge is 0.423 e. The molecule has 1 atom stereocenters. The molecule has 1 unspecified atom stereocenters. The van der Waals surface area contributed by atoms with Gasteiger partial charge in [0.2, 0.25) is 0 Å². The van der Waals surface area contributed by atoms with E-state index in [1.807, 2.05) is 0 Å². The van der Waals surface area contributed by atoms with E-state index in [0.29, 0.717) is 5.56 Å². The number of hydrogen-bond acceptors (Lipinski definition) is 7. The third-order valence-corrected chi connectivity index (χ3v) is 3.49. The van der Waals surface area contributed by atoms with E-state index < -0.39 is 35.5 Å². The zero-order valence-corrected chi connectivity index (χ0v) is 15.6. The second-order valence-corrected chi connectivity index (χ2v) is 6.58. The molecule has 1 heterocycles. The lowest BCUT2D eigenvalue weighted by Crippen LogP contribution is -2.59. The number of nitrogens with two attached hydrogens (primary N) is 1. The number of carbonyl (C=O) groups is 4. The second-order valence-electron chi connectivity index (χ2n) is 6.58. The van der Waals surface area contributed by atoms with Crippen molar-refractivity contribution >= 4 is 23.9 Å². The predicted octanol–water partition coefficient (Wildman–Crippen LogP) is 0.385. The number of carboxylic acids is 1. The number of benzene rings is 1. The number of nitrogens with one attached hydrogen (secondary N) is 2. The fraction of sp³-hybridized carbons (Fsp3) is 0.294. The average Bonchev–Trinajstić information content (AvgIpc) is 2.92. The Kier molecular flexibility index (Phi) is 7.80. The molecule has 28 heavy (non-hydrogen) atoms. The molecule has 0 radical (unpaired) electrons. The highest BCUT2D eigenvalue weighted by molar-refractivity contribution is 6.14. The van der Waals surface area contributed by atoms with Crippen molar-refractivity contribution in [3.63, 3.8) is 0 Å². The van der Waals surface area contributed by atoms with Crippen LogP contribution in [0.15, 0.2) is 42.5 Å². The van der Waals surface area contributed by atoms with Gasteiger partial charge in [-0.15, -0.1) is 0 Å². The molecule has 3 amide bonds. The molecule has 11 nitrogen and oxygen atoms in total. The topological polar surface area (TPSA) is 165 Å². The number of amides is 3. The number of rotatable bonds is 5. The van der Waals surface area contributed by atoms with E-state index in [1.165, 1.54) is 0 Å². The lowest BCUT2D eigenvalue weighted by atomic mass is 10.1. The summed E-state index contributed by atoms with van der Waals surface area (Å²) in [6, 6.07) is 6.91. The molecule has 0 fully saturated rings. The number of carboxylic acid groups (broad SMARTS) is 2. The van der Waals surface area contributed by atoms with Crippen molar-refractivity contribution in [3.05, 3.63) is 48.0 Å². The van der Waals surface area contributed by atoms with Crippen LogP contribution in [0.4, 0.5) is 4.79 Å². The van der Waals surface area contributed by atoms with Crippen molar-refractivity contribution in [2.75, 3.05) is 0 Å². The summed E-state index contributed by atoms with van der Waals surface area (Å²) in [4.78, 5) is 45.4. The van der Waals surface area contributed by atoms with Gasteiger partial charge in [-0.3, -0.25) is 20.3 Å². The molecule has 152 valence electrons. The predicted molar refractivity (Wildman–Crippen MR) is 97.9 cm³/mol. The van der Waals surface area contributed by atoms with Crippen molar-refractivity contribution in [2.24, 2.45) is 5.84 Å². The van der Waals surface area contributed by atoms with Crippen molar-refractivity contribution in [1.29, 1.82) is 0 Å². The van der Waals surface area contributed by atoms with Crippen LogP contribution < -0.4 is 16.9 Å². The van der Waals surface area contributed by atoms with Gasteiger partial charge in [0.25, 0.3) is 11.8 Å². The highest BCUT2D eigenvalue weighted by atomic mass is 16.4. The van der Waals surface area contributed by atoms with E-state index >= 15 is 0 Å². The number of imide groups is 1. The fourth-order valence-electron chi connectivity index (χ4n) is 2.27. The van der Waals surface area contributed by atoms with Crippen molar-refractivity contribution in [1.82, 2.24) is 21.0 Å². The van der Waals surface area contributed by atoms with Gasteiger partial charge in [-0.05, 0) is 26.3 Å². The molecular weight excluding hydrogens is 370 g/mol. The van der Waals surface area contributed by atoms with Crippen LogP contribution >= 0.6 is 0 Å². The lowest BCUT2D eigenvalue weighted by molar-refractivity contribution is -0.153. The summed E-state index contributed by atoms with van der Waals surface area (Å²) in [5.74, 6) is 2.45. The lowest BCUT2D eigenvalue weighted by Gasteiger charge is -2.32. The van der Waals surface area contributed by atoms with Crippen LogP contribution in [0.5, 0.6) is 0 Å². The summed E-state index contributed by atoms with van der Waals surface area (Å²) < 4.78 is 0. The first kappa shape index (κ1) is 22.8. The Hall–Kier alpha value is -3.28. The minimum absolute atomic E-state index is 0.394. The summed E-state index contributed by atoms with van der Waals surface area (Å²) in [5, 5.41) is 18.7. The minimum Gasteiger partial charge on any atom is -0.479 e. The number of hydrazine groups is 3. The quantitative estimate of drug-likeness (QED) is 0.270. The van der Waals surface area contributed by atoms with Gasteiger partial charge < -0.3 is 10.2 Å². The molecule has 6 N–H and O–H groups in total. The normalized spacial score (nSPS) is 14.4. The van der Waals surface area contributed by atoms with E-state index in [-0.39, 0.29) is 0 Å². The Labute approximate surface area is 161 Å². The molecule has 0 aliphatic carbocycles. The molecule has 11 heteroatoms. The molecule has 1 aliphatic heterocycles. The standard InChI is InChI=1S/C12H9NO4.C5H14N4O2/c14-9-6-7-10(15)13(9)11(12(16)17)8-4-2-1-3-5-8;1-5(2,3)9(4(10)11)8-7-6/h1-7,11H,(H,16,17);7-8H,6H2,1-3H3,(H,10,11). The molecule has 0 saturated carbocycles. The van der Waals surface area contributed by atoms with Crippen molar-refractivity contribution in [2.45, 2.75) is 32.4 Å². The van der Waals surface area contributed by atoms with Gasteiger partial charge in [0.1, 0.15) is 0 Å². The SMILES string of the molecule is CC(C)(C)N(NNN)C(=O)O.O=C(O)C(c1ccccc1)N1C(=O)C=CC1=O. The Balaban J connectivity index is 0.000000311. The molecule has 2 rings (SSSR count). The number of nitrogens with zero attached hydrogens (tertiary/aromatic N) is 2. The monoisotopic (exact) mass is 393 g/mol. The van der Waals surface area contributed by atoms with Gasteiger partial charge in [0, 0.05) is 12.2 Å². The van der Waals surface area contributed by atoms with E-state index in [1.54, 1.807) is 51.1 Å². The number of hydrogen-bond donors (Lipinski definition) is 5. The Morgan fingerprint density at radius 1 is 1.07 bits per heavy atom. The van der Waals surface area contributed by atoms with Crippen LogP contribution in [0.2, 0.25) is 0 Å². The zero-order chi connectivity index (χ0) is 21.5. The van der Waals surface area contributed by atoms with E-state index in [9.17, 15) is 19.2 Å². The average molecular weight is 393 g/mol. The third kappa shape index (κ3) is 5.87. The maximum absolute atomic E-state index is 11.5. The molecule has 0 spiro atoms. The Morgan fingerprint density at radius 3 is 1.89 bits per heavy atom. The van der Waals surface area contributed by atoms with Crippen LogP contribution in [0.25, 0.3) is 0 Å². The minimum atomic E-state index is -1.27. The fourth-order valence-corrected chi connectivity index (χ4v) is 2.27. The molecule has 0 aromatic heterocycles. The first-order valence-electron chi connectivity index (χ1n) is 8.08. The summed E-state index contributed by atoms with van der Waals surface area (Å²) in [6.07, 6.45) is 1.05. The highest BCUT2D eigenvalue weighted by Crippen LogP contribution is 2.24. The Morgan fingerprint density at radius 2 is 1.57 bits per heavy atom. The maximum atomic E-state index is 11.5. The van der Waals surface area contributed by atoms with Crippen molar-refractivity contribution in [3.8, 4) is 0 Å². The largest absolute Gasteiger partial charge is 0.479 e. The van der Waals surface area contributed by atoms with E-state index in [2.05, 4.69) is 11.1 Å². The maximum Gasteiger partial charge on any atom is 0.423 e. The third-order valence-electron chi connectivity index (χ3n) is 3.49. The summed E-state index contributed by atoms with van der Waals surface area (Å²) >= 11 is 0. The van der Waals surface area contributed by atoms with Crippen LogP contribution in [-0.2, 0) is 14.4 Å². The van der Waals surface area contributed by atoms with Gasteiger partial charge in [0.05, 0.1) is 5.54 Å². The summed E-state index contributed by atoms with van der Waals surface area (Å²) in [5.41, 5.74) is 4.20. The molecule has 1 aromatic rings. The molecule has 0 bridgehead atoms. The van der Waals surface area contributed by atoms with Crippen LogP contribution in [0.3, 0.4) is 0 Å². The highest BCUT2D eigenvalue weighted by Gasteiger charge is 2.36. The molecule has 1 aromatic carbocycles. The van der Waals surface area contributed by atoms with Gasteiger partial charge in [-0.25, -0.2) is 14.6 Å². The summed E-state index contributed by atoms with van der Waals surface area (Å²) in [6.45, 7) is 5.22. The van der Waals surface area contributed by atoms with Crippen molar-refractivity contribution < 1.29 is 29.4 Å². The number of aliphatic carboxylic acids is 1. The number of carbonyl (C=O) groups excluding carboxylic acids is 2. The second kappa shape index (κ2) is 9.60.